The van der Waals surface area contributed by atoms with Gasteiger partial charge in [0.2, 0.25) is 5.91 Å². The van der Waals surface area contributed by atoms with Crippen LogP contribution >= 0.6 is 0 Å². The highest BCUT2D eigenvalue weighted by Crippen LogP contribution is 2.20. The standard InChI is InChI=1S/C22H25NO5/c1-15(22(27)28)13-19(23-20(24)11-12-21(25)26)14-16-7-9-18(10-8-16)17-5-3-2-4-6-17/h2-10,15,19H,11-14H2,1H3,(H,23,24)(H,25,26)(H,27,28)/p-1/t15-,19?/m1/s1. The number of carboxylic acid groups (broad SMARTS) is 2. The summed E-state index contributed by atoms with van der Waals surface area (Å²) in [5, 5.41) is 22.5. The maximum atomic E-state index is 12.0. The van der Waals surface area contributed by atoms with Crippen LogP contribution in [0.2, 0.25) is 0 Å². The third-order valence-corrected chi connectivity index (χ3v) is 4.52. The molecule has 2 aromatic carbocycles. The number of rotatable bonds is 10. The third kappa shape index (κ3) is 6.87. The van der Waals surface area contributed by atoms with Crippen molar-refractivity contribution in [1.82, 2.24) is 5.32 Å². The molecule has 0 spiro atoms. The van der Waals surface area contributed by atoms with E-state index in [9.17, 15) is 24.6 Å². The average Bonchev–Trinajstić information content (AvgIpc) is 2.67. The van der Waals surface area contributed by atoms with Crippen LogP contribution in [-0.4, -0.2) is 29.0 Å². The quantitative estimate of drug-likeness (QED) is 0.654. The van der Waals surface area contributed by atoms with E-state index in [4.69, 9.17) is 0 Å². The van der Waals surface area contributed by atoms with Crippen molar-refractivity contribution in [3.8, 4) is 11.1 Å². The van der Waals surface area contributed by atoms with Gasteiger partial charge in [-0.2, -0.15) is 0 Å². The van der Waals surface area contributed by atoms with Gasteiger partial charge in [-0.25, -0.2) is 0 Å². The number of hydrogen-bond donors (Lipinski definition) is 2. The minimum absolute atomic E-state index is 0.187. The maximum absolute atomic E-state index is 12.0. The summed E-state index contributed by atoms with van der Waals surface area (Å²) in [6.45, 7) is 1.58. The molecule has 0 aliphatic carbocycles. The second kappa shape index (κ2) is 10.3. The normalized spacial score (nSPS) is 12.8. The lowest BCUT2D eigenvalue weighted by atomic mass is 9.95. The van der Waals surface area contributed by atoms with Crippen molar-refractivity contribution in [2.75, 3.05) is 0 Å². The number of carbonyl (C=O) groups excluding carboxylic acids is 2. The Morgan fingerprint density at radius 1 is 0.964 bits per heavy atom. The molecule has 2 aromatic rings. The van der Waals surface area contributed by atoms with Gasteiger partial charge in [-0.3, -0.25) is 9.59 Å². The molecular weight excluding hydrogens is 358 g/mol. The van der Waals surface area contributed by atoms with Crippen LogP contribution in [0.5, 0.6) is 0 Å². The number of nitrogens with one attached hydrogen (secondary N) is 1. The number of amides is 1. The summed E-state index contributed by atoms with van der Waals surface area (Å²) in [6.07, 6.45) is 0.169. The van der Waals surface area contributed by atoms with Gasteiger partial charge in [-0.1, -0.05) is 61.5 Å². The van der Waals surface area contributed by atoms with Gasteiger partial charge in [0.1, 0.15) is 0 Å². The Morgan fingerprint density at radius 2 is 1.57 bits per heavy atom. The smallest absolute Gasteiger partial charge is 0.306 e. The highest BCUT2D eigenvalue weighted by Gasteiger charge is 2.20. The first-order valence-electron chi connectivity index (χ1n) is 9.21. The van der Waals surface area contributed by atoms with E-state index in [1.54, 1.807) is 6.92 Å². The van der Waals surface area contributed by atoms with Crippen LogP contribution in [0.1, 0.15) is 31.7 Å². The Kier molecular flexibility index (Phi) is 7.75. The molecule has 2 N–H and O–H groups in total. The van der Waals surface area contributed by atoms with E-state index in [1.165, 1.54) is 0 Å². The SMILES string of the molecule is C[C@H](CC(Cc1ccc(-c2ccccc2)cc1)NC(=O)CCC(=O)[O-])C(=O)O. The summed E-state index contributed by atoms with van der Waals surface area (Å²) in [6, 6.07) is 17.4. The second-order valence-electron chi connectivity index (χ2n) is 6.88. The van der Waals surface area contributed by atoms with Gasteiger partial charge in [-0.05, 0) is 36.0 Å². The van der Waals surface area contributed by atoms with E-state index in [0.717, 1.165) is 16.7 Å². The lowest BCUT2D eigenvalue weighted by Gasteiger charge is -2.21. The zero-order valence-corrected chi connectivity index (χ0v) is 15.8. The van der Waals surface area contributed by atoms with Crippen molar-refractivity contribution in [3.05, 3.63) is 60.2 Å². The van der Waals surface area contributed by atoms with E-state index in [0.29, 0.717) is 6.42 Å². The molecule has 0 fully saturated rings. The number of benzene rings is 2. The predicted molar refractivity (Wildman–Crippen MR) is 103 cm³/mol. The second-order valence-corrected chi connectivity index (χ2v) is 6.88. The molecule has 1 unspecified atom stereocenters. The van der Waals surface area contributed by atoms with Crippen LogP contribution in [0.25, 0.3) is 11.1 Å². The Labute approximate surface area is 164 Å². The summed E-state index contributed by atoms with van der Waals surface area (Å²) < 4.78 is 0. The van der Waals surface area contributed by atoms with E-state index >= 15 is 0 Å². The fourth-order valence-electron chi connectivity index (χ4n) is 2.98. The van der Waals surface area contributed by atoms with Crippen LogP contribution in [0.3, 0.4) is 0 Å². The van der Waals surface area contributed by atoms with Crippen LogP contribution in [0, 0.1) is 5.92 Å². The van der Waals surface area contributed by atoms with Gasteiger partial charge in [-0.15, -0.1) is 0 Å². The lowest BCUT2D eigenvalue weighted by molar-refractivity contribution is -0.305. The fourth-order valence-corrected chi connectivity index (χ4v) is 2.98. The first-order chi connectivity index (χ1) is 13.3. The van der Waals surface area contributed by atoms with E-state index in [-0.39, 0.29) is 19.3 Å². The van der Waals surface area contributed by atoms with E-state index in [2.05, 4.69) is 5.32 Å². The van der Waals surface area contributed by atoms with Gasteiger partial charge in [0.15, 0.2) is 0 Å². The molecule has 2 rings (SSSR count). The summed E-state index contributed by atoms with van der Waals surface area (Å²) >= 11 is 0. The molecule has 0 heterocycles. The van der Waals surface area contributed by atoms with Crippen molar-refractivity contribution >= 4 is 17.8 Å². The van der Waals surface area contributed by atoms with Crippen molar-refractivity contribution in [1.29, 1.82) is 0 Å². The fraction of sp³-hybridized carbons (Fsp3) is 0.318. The molecular formula is C22H24NO5-. The summed E-state index contributed by atoms with van der Waals surface area (Å²) in [5.41, 5.74) is 3.13. The first-order valence-corrected chi connectivity index (χ1v) is 9.21. The summed E-state index contributed by atoms with van der Waals surface area (Å²) in [7, 11) is 0. The number of carboxylic acids is 2. The Balaban J connectivity index is 2.06. The third-order valence-electron chi connectivity index (χ3n) is 4.52. The van der Waals surface area contributed by atoms with Crippen molar-refractivity contribution in [2.45, 2.75) is 38.6 Å². The van der Waals surface area contributed by atoms with Crippen LogP contribution in [0.15, 0.2) is 54.6 Å². The van der Waals surface area contributed by atoms with Crippen LogP contribution in [-0.2, 0) is 20.8 Å². The molecule has 148 valence electrons. The summed E-state index contributed by atoms with van der Waals surface area (Å²) in [5.74, 6) is -3.28. The number of carbonyl (C=O) groups is 3. The molecule has 6 heteroatoms. The van der Waals surface area contributed by atoms with Crippen molar-refractivity contribution < 1.29 is 24.6 Å². The van der Waals surface area contributed by atoms with Gasteiger partial charge in [0.25, 0.3) is 0 Å². The minimum Gasteiger partial charge on any atom is -0.550 e. The highest BCUT2D eigenvalue weighted by atomic mass is 16.4. The molecule has 0 aliphatic rings. The molecule has 28 heavy (non-hydrogen) atoms. The topological polar surface area (TPSA) is 107 Å². The molecule has 0 bridgehead atoms. The molecule has 0 aromatic heterocycles. The molecule has 0 aliphatic heterocycles. The lowest BCUT2D eigenvalue weighted by Crippen LogP contribution is -2.39. The molecule has 0 saturated carbocycles. The first kappa shape index (κ1) is 21.2. The van der Waals surface area contributed by atoms with Gasteiger partial charge < -0.3 is 20.3 Å². The van der Waals surface area contributed by atoms with Crippen LogP contribution < -0.4 is 10.4 Å². The predicted octanol–water partition coefficient (Wildman–Crippen LogP) is 2.02. The highest BCUT2D eigenvalue weighted by molar-refractivity contribution is 5.80. The van der Waals surface area contributed by atoms with E-state index in [1.807, 2.05) is 54.6 Å². The van der Waals surface area contributed by atoms with Gasteiger partial charge >= 0.3 is 5.97 Å². The van der Waals surface area contributed by atoms with Gasteiger partial charge in [0, 0.05) is 18.4 Å². The Hall–Kier alpha value is -3.15. The summed E-state index contributed by atoms with van der Waals surface area (Å²) in [4.78, 5) is 33.7. The monoisotopic (exact) mass is 382 g/mol. The largest absolute Gasteiger partial charge is 0.550 e. The number of hydrogen-bond acceptors (Lipinski definition) is 4. The zero-order valence-electron chi connectivity index (χ0n) is 15.8. The molecule has 0 saturated heterocycles. The Bertz CT molecular complexity index is 801. The molecule has 2 atom stereocenters. The Morgan fingerprint density at radius 3 is 2.14 bits per heavy atom. The van der Waals surface area contributed by atoms with Crippen molar-refractivity contribution in [3.63, 3.8) is 0 Å². The zero-order chi connectivity index (χ0) is 20.5. The molecule has 1 amide bonds. The number of aliphatic carboxylic acids is 2. The minimum atomic E-state index is -1.29. The molecule has 6 nitrogen and oxygen atoms in total. The van der Waals surface area contributed by atoms with Crippen LogP contribution in [0.4, 0.5) is 0 Å². The molecule has 0 radical (unpaired) electrons. The van der Waals surface area contributed by atoms with Gasteiger partial charge in [0.05, 0.1) is 5.92 Å². The van der Waals surface area contributed by atoms with E-state index < -0.39 is 29.8 Å². The van der Waals surface area contributed by atoms with Crippen molar-refractivity contribution in [2.24, 2.45) is 5.92 Å². The average molecular weight is 382 g/mol. The maximum Gasteiger partial charge on any atom is 0.306 e.